The monoisotopic (exact) mass is 307 g/mol. The van der Waals surface area contributed by atoms with E-state index in [1.165, 1.54) is 6.07 Å². The number of amides is 2. The smallest absolute Gasteiger partial charge is 0.300 e. The van der Waals surface area contributed by atoms with Gasteiger partial charge in [-0.25, -0.2) is 4.63 Å². The van der Waals surface area contributed by atoms with Crippen molar-refractivity contribution in [3.05, 3.63) is 27.8 Å². The predicted molar refractivity (Wildman–Crippen MR) is 70.1 cm³/mol. The maximum absolute atomic E-state index is 11.9. The Morgan fingerprint density at radius 2 is 1.81 bits per heavy atom. The summed E-state index contributed by atoms with van der Waals surface area (Å²) in [6, 6.07) is 2.40. The van der Waals surface area contributed by atoms with E-state index in [0.717, 1.165) is 6.07 Å². The minimum Gasteiger partial charge on any atom is -0.302 e. The van der Waals surface area contributed by atoms with E-state index in [0.29, 0.717) is 0 Å². The van der Waals surface area contributed by atoms with Crippen LogP contribution in [0, 0.1) is 10.1 Å². The van der Waals surface area contributed by atoms with Crippen molar-refractivity contribution in [2.45, 2.75) is 5.92 Å². The van der Waals surface area contributed by atoms with Gasteiger partial charge >= 0.3 is 5.69 Å². The van der Waals surface area contributed by atoms with Crippen LogP contribution >= 0.6 is 12.2 Å². The van der Waals surface area contributed by atoms with Gasteiger partial charge in [0.1, 0.15) is 11.4 Å². The highest BCUT2D eigenvalue weighted by Crippen LogP contribution is 2.30. The molecule has 0 atom stereocenters. The van der Waals surface area contributed by atoms with Crippen LogP contribution in [-0.2, 0) is 9.59 Å². The molecule has 21 heavy (non-hydrogen) atoms. The molecule has 1 aliphatic heterocycles. The number of carbonyl (C=O) groups is 2. The molecular weight excluding hydrogens is 302 g/mol. The van der Waals surface area contributed by atoms with Gasteiger partial charge in [0.2, 0.25) is 17.3 Å². The number of nitro benzene ring substituents is 1. The molecule has 2 N–H and O–H groups in total. The topological polar surface area (TPSA) is 140 Å². The van der Waals surface area contributed by atoms with Crippen molar-refractivity contribution in [3.63, 3.8) is 0 Å². The first-order valence-corrected chi connectivity index (χ1v) is 5.95. The van der Waals surface area contributed by atoms with Crippen molar-refractivity contribution in [3.8, 4) is 0 Å². The molecule has 2 amide bonds. The number of hydrogen-bond donors (Lipinski definition) is 2. The third-order valence-electron chi connectivity index (χ3n) is 2.93. The maximum atomic E-state index is 11.9. The SMILES string of the molecule is O=C1NC(=S)NC(=O)C1c1ccc([N+](=O)[O-])c2nonc12. The van der Waals surface area contributed by atoms with Crippen molar-refractivity contribution in [2.75, 3.05) is 0 Å². The van der Waals surface area contributed by atoms with E-state index in [2.05, 4.69) is 25.6 Å². The second kappa shape index (κ2) is 4.56. The summed E-state index contributed by atoms with van der Waals surface area (Å²) in [6.07, 6.45) is 0. The molecule has 0 bridgehead atoms. The van der Waals surface area contributed by atoms with Crippen LogP contribution in [0.3, 0.4) is 0 Å². The van der Waals surface area contributed by atoms with Gasteiger partial charge in [0.15, 0.2) is 5.11 Å². The van der Waals surface area contributed by atoms with E-state index in [-0.39, 0.29) is 27.4 Å². The number of nitrogens with one attached hydrogen (secondary N) is 2. The Morgan fingerprint density at radius 3 is 2.43 bits per heavy atom. The fraction of sp³-hybridized carbons (Fsp3) is 0.100. The lowest BCUT2D eigenvalue weighted by Crippen LogP contribution is -2.54. The molecule has 0 aliphatic carbocycles. The number of fused-ring (bicyclic) bond motifs is 1. The Hall–Kier alpha value is -2.95. The molecule has 10 nitrogen and oxygen atoms in total. The quantitative estimate of drug-likeness (QED) is 0.335. The van der Waals surface area contributed by atoms with Crippen LogP contribution < -0.4 is 10.6 Å². The van der Waals surface area contributed by atoms with Gasteiger partial charge < -0.3 is 10.6 Å². The molecular formula is C10H5N5O5S. The van der Waals surface area contributed by atoms with Gasteiger partial charge in [0, 0.05) is 11.6 Å². The number of aromatic nitrogens is 2. The van der Waals surface area contributed by atoms with E-state index in [1.54, 1.807) is 0 Å². The van der Waals surface area contributed by atoms with E-state index >= 15 is 0 Å². The van der Waals surface area contributed by atoms with Crippen molar-refractivity contribution in [1.82, 2.24) is 20.9 Å². The van der Waals surface area contributed by atoms with Crippen LogP contribution in [0.1, 0.15) is 11.5 Å². The molecule has 0 unspecified atom stereocenters. The van der Waals surface area contributed by atoms with Gasteiger partial charge in [-0.3, -0.25) is 19.7 Å². The number of carbonyl (C=O) groups excluding carboxylic acids is 2. The second-order valence-corrected chi connectivity index (χ2v) is 4.54. The number of nitro groups is 1. The van der Waals surface area contributed by atoms with Crippen LogP contribution in [0.25, 0.3) is 11.0 Å². The summed E-state index contributed by atoms with van der Waals surface area (Å²) in [5, 5.41) is 22.4. The van der Waals surface area contributed by atoms with E-state index in [1.807, 2.05) is 0 Å². The number of hydrogen-bond acceptors (Lipinski definition) is 8. The van der Waals surface area contributed by atoms with Crippen molar-refractivity contribution < 1.29 is 19.1 Å². The maximum Gasteiger partial charge on any atom is 0.300 e. The molecule has 0 spiro atoms. The van der Waals surface area contributed by atoms with Gasteiger partial charge in [-0.05, 0) is 28.6 Å². The van der Waals surface area contributed by atoms with Gasteiger partial charge in [-0.15, -0.1) is 0 Å². The highest BCUT2D eigenvalue weighted by Gasteiger charge is 2.37. The van der Waals surface area contributed by atoms with Gasteiger partial charge in [-0.1, -0.05) is 0 Å². The molecule has 1 aromatic heterocycles. The Kier molecular flexibility index (Phi) is 2.83. The largest absolute Gasteiger partial charge is 0.302 e. The minimum absolute atomic E-state index is 0.0210. The summed E-state index contributed by atoms with van der Waals surface area (Å²) < 4.78 is 4.49. The van der Waals surface area contributed by atoms with Crippen LogP contribution in [0.4, 0.5) is 5.69 Å². The lowest BCUT2D eigenvalue weighted by molar-refractivity contribution is -0.383. The van der Waals surface area contributed by atoms with E-state index in [4.69, 9.17) is 12.2 Å². The Morgan fingerprint density at radius 1 is 1.19 bits per heavy atom. The highest BCUT2D eigenvalue weighted by atomic mass is 32.1. The molecule has 0 saturated carbocycles. The van der Waals surface area contributed by atoms with Crippen LogP contribution in [-0.4, -0.2) is 32.2 Å². The van der Waals surface area contributed by atoms with Crippen molar-refractivity contribution >= 4 is 45.9 Å². The number of thiocarbonyl (C=S) groups is 1. The Balaban J connectivity index is 2.18. The molecule has 106 valence electrons. The summed E-state index contributed by atoms with van der Waals surface area (Å²) in [7, 11) is 0. The lowest BCUT2D eigenvalue weighted by atomic mass is 9.94. The molecule has 0 radical (unpaired) electrons. The fourth-order valence-electron chi connectivity index (χ4n) is 2.05. The van der Waals surface area contributed by atoms with Gasteiger partial charge in [-0.2, -0.15) is 0 Å². The zero-order chi connectivity index (χ0) is 15.1. The van der Waals surface area contributed by atoms with E-state index < -0.39 is 22.7 Å². The first kappa shape index (κ1) is 13.1. The third kappa shape index (κ3) is 1.99. The Labute approximate surface area is 120 Å². The molecule has 1 aliphatic rings. The zero-order valence-electron chi connectivity index (χ0n) is 10.0. The van der Waals surface area contributed by atoms with Crippen LogP contribution in [0.2, 0.25) is 0 Å². The number of benzene rings is 1. The molecule has 1 aromatic carbocycles. The molecule has 3 rings (SSSR count). The standard InChI is InChI=1S/C10H5N5O5S/c16-8-5(9(17)12-10(21)11-8)3-1-2-4(15(18)19)7-6(3)13-20-14-7/h1-2,5H,(H2,11,12,16,17,21). The second-order valence-electron chi connectivity index (χ2n) is 4.13. The van der Waals surface area contributed by atoms with E-state index in [9.17, 15) is 19.7 Å². The molecule has 2 aromatic rings. The minimum atomic E-state index is -1.24. The van der Waals surface area contributed by atoms with Crippen LogP contribution in [0.5, 0.6) is 0 Å². The number of rotatable bonds is 2. The molecule has 1 saturated heterocycles. The molecule has 1 fully saturated rings. The third-order valence-corrected chi connectivity index (χ3v) is 3.14. The van der Waals surface area contributed by atoms with Crippen molar-refractivity contribution in [1.29, 1.82) is 0 Å². The summed E-state index contributed by atoms with van der Waals surface area (Å²) in [5.74, 6) is -2.55. The van der Waals surface area contributed by atoms with Gasteiger partial charge in [0.05, 0.1) is 4.92 Å². The predicted octanol–water partition coefficient (Wildman–Crippen LogP) is -0.255. The Bertz CT molecular complexity index is 795. The summed E-state index contributed by atoms with van der Waals surface area (Å²) >= 11 is 4.70. The zero-order valence-corrected chi connectivity index (χ0v) is 10.8. The first-order valence-electron chi connectivity index (χ1n) is 5.54. The molecule has 2 heterocycles. The number of nitrogens with zero attached hydrogens (tertiary/aromatic N) is 3. The normalized spacial score (nSPS) is 15.9. The summed E-state index contributed by atoms with van der Waals surface area (Å²) in [5.41, 5.74) is -0.338. The number of non-ortho nitro benzene ring substituents is 1. The average molecular weight is 307 g/mol. The molecule has 11 heteroatoms. The average Bonchev–Trinajstić information content (AvgIpc) is 2.86. The lowest BCUT2D eigenvalue weighted by Gasteiger charge is -2.22. The van der Waals surface area contributed by atoms with Gasteiger partial charge in [0.25, 0.3) is 0 Å². The van der Waals surface area contributed by atoms with Crippen molar-refractivity contribution in [2.24, 2.45) is 0 Å². The van der Waals surface area contributed by atoms with Crippen LogP contribution in [0.15, 0.2) is 16.8 Å². The fourth-order valence-corrected chi connectivity index (χ4v) is 2.25. The highest BCUT2D eigenvalue weighted by molar-refractivity contribution is 7.80. The summed E-state index contributed by atoms with van der Waals surface area (Å²) in [6.45, 7) is 0. The first-order chi connectivity index (χ1) is 9.99. The summed E-state index contributed by atoms with van der Waals surface area (Å²) in [4.78, 5) is 34.1.